The van der Waals surface area contributed by atoms with Gasteiger partial charge in [-0.3, -0.25) is 9.20 Å². The predicted molar refractivity (Wildman–Crippen MR) is 110 cm³/mol. The SMILES string of the molecule is Cc1cn2cc(-c3cc(=O)n4cc(N5CCN(C)CC5)ccc4n3)ccc2n1. The molecule has 5 heterocycles. The van der Waals surface area contributed by atoms with Gasteiger partial charge in [0.15, 0.2) is 0 Å². The van der Waals surface area contributed by atoms with Gasteiger partial charge in [-0.25, -0.2) is 9.97 Å². The van der Waals surface area contributed by atoms with Gasteiger partial charge in [0.05, 0.1) is 17.1 Å². The van der Waals surface area contributed by atoms with E-state index in [4.69, 9.17) is 4.98 Å². The van der Waals surface area contributed by atoms with E-state index >= 15 is 0 Å². The van der Waals surface area contributed by atoms with Gasteiger partial charge in [0.1, 0.15) is 11.3 Å². The molecule has 0 bridgehead atoms. The standard InChI is InChI=1S/C21H22N6O/c1-15-12-26-13-16(3-5-19(26)22-15)18-11-21(28)27-14-17(4-6-20(27)23-18)25-9-7-24(2)8-10-25/h3-6,11-14H,7-10H2,1-2H3. The summed E-state index contributed by atoms with van der Waals surface area (Å²) >= 11 is 0. The molecule has 1 aliphatic heterocycles. The molecule has 0 aromatic carbocycles. The van der Waals surface area contributed by atoms with Crippen LogP contribution in [-0.4, -0.2) is 56.9 Å². The fourth-order valence-corrected chi connectivity index (χ4v) is 3.76. The van der Waals surface area contributed by atoms with Gasteiger partial charge in [-0.2, -0.15) is 0 Å². The highest BCUT2D eigenvalue weighted by Gasteiger charge is 2.15. The lowest BCUT2D eigenvalue weighted by Crippen LogP contribution is -2.44. The highest BCUT2D eigenvalue weighted by Crippen LogP contribution is 2.20. The van der Waals surface area contributed by atoms with Crippen molar-refractivity contribution in [3.8, 4) is 11.3 Å². The monoisotopic (exact) mass is 374 g/mol. The molecule has 0 radical (unpaired) electrons. The molecular formula is C21H22N6O. The molecule has 0 aliphatic carbocycles. The van der Waals surface area contributed by atoms with Gasteiger partial charge in [0.2, 0.25) is 0 Å². The van der Waals surface area contributed by atoms with Crippen LogP contribution in [-0.2, 0) is 0 Å². The van der Waals surface area contributed by atoms with Crippen molar-refractivity contribution in [2.45, 2.75) is 6.92 Å². The number of hydrogen-bond donors (Lipinski definition) is 0. The van der Waals surface area contributed by atoms with Crippen LogP contribution in [0.4, 0.5) is 5.69 Å². The van der Waals surface area contributed by atoms with E-state index in [0.29, 0.717) is 11.3 Å². The first kappa shape index (κ1) is 16.9. The van der Waals surface area contributed by atoms with E-state index in [-0.39, 0.29) is 5.56 Å². The second-order valence-corrected chi connectivity index (χ2v) is 7.45. The van der Waals surface area contributed by atoms with Crippen LogP contribution in [0.15, 0.2) is 53.7 Å². The Hall–Kier alpha value is -3.19. The molecule has 4 aromatic heterocycles. The number of aryl methyl sites for hydroxylation is 1. The zero-order chi connectivity index (χ0) is 19.3. The average molecular weight is 374 g/mol. The van der Waals surface area contributed by atoms with Gasteiger partial charge in [-0.15, -0.1) is 0 Å². The number of anilines is 1. The lowest BCUT2D eigenvalue weighted by molar-refractivity contribution is 0.313. The minimum Gasteiger partial charge on any atom is -0.368 e. The van der Waals surface area contributed by atoms with Gasteiger partial charge >= 0.3 is 0 Å². The smallest absolute Gasteiger partial charge is 0.258 e. The molecule has 28 heavy (non-hydrogen) atoms. The molecule has 5 rings (SSSR count). The van der Waals surface area contributed by atoms with E-state index in [1.54, 1.807) is 10.5 Å². The van der Waals surface area contributed by atoms with E-state index in [2.05, 4.69) is 27.9 Å². The molecule has 7 nitrogen and oxygen atoms in total. The lowest BCUT2D eigenvalue weighted by atomic mass is 10.2. The molecule has 4 aromatic rings. The number of hydrogen-bond acceptors (Lipinski definition) is 5. The number of pyridine rings is 2. The van der Waals surface area contributed by atoms with Crippen LogP contribution in [0.3, 0.4) is 0 Å². The van der Waals surface area contributed by atoms with Gasteiger partial charge in [-0.05, 0) is 38.2 Å². The van der Waals surface area contributed by atoms with Crippen molar-refractivity contribution in [1.82, 2.24) is 23.7 Å². The minimum absolute atomic E-state index is 0.0714. The first-order chi connectivity index (χ1) is 13.6. The Morgan fingerprint density at radius 2 is 1.68 bits per heavy atom. The molecule has 0 N–H and O–H groups in total. The summed E-state index contributed by atoms with van der Waals surface area (Å²) < 4.78 is 3.60. The van der Waals surface area contributed by atoms with Crippen molar-refractivity contribution < 1.29 is 0 Å². The van der Waals surface area contributed by atoms with Crippen molar-refractivity contribution in [3.05, 3.63) is 65.0 Å². The second-order valence-electron chi connectivity index (χ2n) is 7.45. The van der Waals surface area contributed by atoms with Crippen LogP contribution >= 0.6 is 0 Å². The van der Waals surface area contributed by atoms with E-state index < -0.39 is 0 Å². The first-order valence-electron chi connectivity index (χ1n) is 9.49. The molecule has 0 atom stereocenters. The van der Waals surface area contributed by atoms with Crippen LogP contribution in [0.25, 0.3) is 22.6 Å². The largest absolute Gasteiger partial charge is 0.368 e. The summed E-state index contributed by atoms with van der Waals surface area (Å²) in [5, 5.41) is 0. The van der Waals surface area contributed by atoms with Crippen molar-refractivity contribution in [2.75, 3.05) is 38.1 Å². The van der Waals surface area contributed by atoms with Crippen LogP contribution in [0.1, 0.15) is 5.69 Å². The topological polar surface area (TPSA) is 58.2 Å². The van der Waals surface area contributed by atoms with E-state index in [1.165, 1.54) is 0 Å². The van der Waals surface area contributed by atoms with E-state index in [0.717, 1.165) is 48.8 Å². The van der Waals surface area contributed by atoms with Crippen LogP contribution in [0.5, 0.6) is 0 Å². The van der Waals surface area contributed by atoms with E-state index in [1.807, 2.05) is 48.1 Å². The fourth-order valence-electron chi connectivity index (χ4n) is 3.76. The summed E-state index contributed by atoms with van der Waals surface area (Å²) in [5.41, 5.74) is 5.06. The summed E-state index contributed by atoms with van der Waals surface area (Å²) in [5.74, 6) is 0. The highest BCUT2D eigenvalue weighted by molar-refractivity contribution is 5.64. The molecule has 0 spiro atoms. The third-order valence-electron chi connectivity index (χ3n) is 5.38. The minimum atomic E-state index is -0.0714. The predicted octanol–water partition coefficient (Wildman–Crippen LogP) is 2.07. The number of fused-ring (bicyclic) bond motifs is 2. The van der Waals surface area contributed by atoms with Crippen LogP contribution in [0, 0.1) is 6.92 Å². The zero-order valence-corrected chi connectivity index (χ0v) is 16.0. The Kier molecular flexibility index (Phi) is 3.91. The van der Waals surface area contributed by atoms with Crippen molar-refractivity contribution in [3.63, 3.8) is 0 Å². The summed E-state index contributed by atoms with van der Waals surface area (Å²) in [7, 11) is 2.14. The van der Waals surface area contributed by atoms with Crippen molar-refractivity contribution in [1.29, 1.82) is 0 Å². The maximum atomic E-state index is 12.8. The number of likely N-dealkylation sites (N-methyl/N-ethyl adjacent to an activating group) is 1. The normalized spacial score (nSPS) is 15.6. The molecule has 1 aliphatic rings. The maximum absolute atomic E-state index is 12.8. The Morgan fingerprint density at radius 3 is 2.50 bits per heavy atom. The molecule has 1 fully saturated rings. The zero-order valence-electron chi connectivity index (χ0n) is 16.0. The van der Waals surface area contributed by atoms with Crippen molar-refractivity contribution in [2.24, 2.45) is 0 Å². The summed E-state index contributed by atoms with van der Waals surface area (Å²) in [6.45, 7) is 5.95. The highest BCUT2D eigenvalue weighted by atomic mass is 16.1. The maximum Gasteiger partial charge on any atom is 0.258 e. The third kappa shape index (κ3) is 2.93. The first-order valence-corrected chi connectivity index (χ1v) is 9.49. The van der Waals surface area contributed by atoms with Gasteiger partial charge in [0.25, 0.3) is 5.56 Å². The number of nitrogens with zero attached hydrogens (tertiary/aromatic N) is 6. The van der Waals surface area contributed by atoms with Crippen molar-refractivity contribution >= 4 is 17.0 Å². The van der Waals surface area contributed by atoms with E-state index in [9.17, 15) is 4.79 Å². The van der Waals surface area contributed by atoms with Crippen LogP contribution in [0.2, 0.25) is 0 Å². The average Bonchev–Trinajstić information content (AvgIpc) is 3.07. The molecule has 7 heteroatoms. The number of imidazole rings is 1. The fraction of sp³-hybridized carbons (Fsp3) is 0.286. The summed E-state index contributed by atoms with van der Waals surface area (Å²) in [4.78, 5) is 26.6. The third-order valence-corrected chi connectivity index (χ3v) is 5.38. The molecular weight excluding hydrogens is 352 g/mol. The Bertz CT molecular complexity index is 1230. The molecule has 0 amide bonds. The van der Waals surface area contributed by atoms with Crippen LogP contribution < -0.4 is 10.5 Å². The number of piperazine rings is 1. The Labute approximate surface area is 162 Å². The summed E-state index contributed by atoms with van der Waals surface area (Å²) in [6.07, 6.45) is 5.84. The number of rotatable bonds is 2. The molecule has 142 valence electrons. The summed E-state index contributed by atoms with van der Waals surface area (Å²) in [6, 6.07) is 9.49. The Morgan fingerprint density at radius 1 is 0.893 bits per heavy atom. The van der Waals surface area contributed by atoms with Gasteiger partial charge in [-0.1, -0.05) is 0 Å². The molecule has 1 saturated heterocycles. The number of aromatic nitrogens is 4. The molecule has 0 unspecified atom stereocenters. The second kappa shape index (κ2) is 6.45. The lowest BCUT2D eigenvalue weighted by Gasteiger charge is -2.34. The Balaban J connectivity index is 1.54. The quantitative estimate of drug-likeness (QED) is 0.538. The van der Waals surface area contributed by atoms with Gasteiger partial charge in [0, 0.05) is 56.4 Å². The molecule has 0 saturated carbocycles. The van der Waals surface area contributed by atoms with Gasteiger partial charge < -0.3 is 14.2 Å².